The minimum atomic E-state index is -0.697. The molecule has 0 aliphatic carbocycles. The summed E-state index contributed by atoms with van der Waals surface area (Å²) in [6.45, 7) is 0.140. The van der Waals surface area contributed by atoms with Crippen molar-refractivity contribution in [3.63, 3.8) is 0 Å². The number of phenolic OH excluding ortho intramolecular Hbond substituents is 1. The predicted octanol–water partition coefficient (Wildman–Crippen LogP) is 3.19. The van der Waals surface area contributed by atoms with Gasteiger partial charge in [-0.1, -0.05) is 58.4 Å². The molecule has 0 heterocycles. The van der Waals surface area contributed by atoms with Crippen molar-refractivity contribution >= 4 is 27.8 Å². The summed E-state index contributed by atoms with van der Waals surface area (Å²) in [5.41, 5.74) is 1.70. The Bertz CT molecular complexity index is 673. The number of ketones is 1. The molecule has 0 bridgehead atoms. The fourth-order valence-corrected chi connectivity index (χ4v) is 2.50. The van der Waals surface area contributed by atoms with E-state index in [1.54, 1.807) is 24.3 Å². The molecule has 126 valence electrons. The van der Waals surface area contributed by atoms with Gasteiger partial charge in [0.1, 0.15) is 12.4 Å². The van der Waals surface area contributed by atoms with Crippen molar-refractivity contribution in [2.24, 2.45) is 0 Å². The van der Waals surface area contributed by atoms with Crippen LogP contribution in [0, 0.1) is 0 Å². The van der Waals surface area contributed by atoms with E-state index in [9.17, 15) is 14.7 Å². The monoisotopic (exact) mass is 391 g/mol. The standard InChI is InChI=1S/C18H18BrNO4/c19-11-17(22)16(10-13-6-8-15(21)9-7-13)20-18(23)24-12-14-4-2-1-3-5-14/h1-9,16,21H,10-12H2,(H,20,23). The highest BCUT2D eigenvalue weighted by molar-refractivity contribution is 9.09. The summed E-state index contributed by atoms with van der Waals surface area (Å²) >= 11 is 3.12. The molecule has 2 N–H and O–H groups in total. The Morgan fingerprint density at radius 2 is 1.71 bits per heavy atom. The molecule has 0 fully saturated rings. The first kappa shape index (κ1) is 18.0. The third-order valence-electron chi connectivity index (χ3n) is 3.40. The number of benzene rings is 2. The Balaban J connectivity index is 1.93. The number of ether oxygens (including phenoxy) is 1. The van der Waals surface area contributed by atoms with Crippen LogP contribution in [0.3, 0.4) is 0 Å². The van der Waals surface area contributed by atoms with Crippen LogP contribution in [0.5, 0.6) is 5.75 Å². The lowest BCUT2D eigenvalue weighted by molar-refractivity contribution is -0.118. The normalized spacial score (nSPS) is 11.5. The molecule has 6 heteroatoms. The van der Waals surface area contributed by atoms with Gasteiger partial charge in [0.2, 0.25) is 0 Å². The molecule has 5 nitrogen and oxygen atoms in total. The van der Waals surface area contributed by atoms with Gasteiger partial charge in [-0.05, 0) is 29.7 Å². The van der Waals surface area contributed by atoms with Crippen LogP contribution in [0.4, 0.5) is 4.79 Å². The largest absolute Gasteiger partial charge is 0.508 e. The van der Waals surface area contributed by atoms with E-state index in [0.717, 1.165) is 11.1 Å². The Morgan fingerprint density at radius 3 is 2.33 bits per heavy atom. The maximum atomic E-state index is 12.0. The van der Waals surface area contributed by atoms with Crippen molar-refractivity contribution in [3.05, 3.63) is 65.7 Å². The minimum absolute atomic E-state index is 0.134. The van der Waals surface area contributed by atoms with Gasteiger partial charge in [-0.3, -0.25) is 4.79 Å². The molecule has 2 aromatic rings. The summed E-state index contributed by atoms with van der Waals surface area (Å²) < 4.78 is 5.15. The molecule has 1 amide bonds. The molecule has 0 radical (unpaired) electrons. The zero-order valence-electron chi connectivity index (χ0n) is 12.9. The van der Waals surface area contributed by atoms with Crippen LogP contribution in [-0.4, -0.2) is 28.4 Å². The number of hydrogen-bond donors (Lipinski definition) is 2. The summed E-state index contributed by atoms with van der Waals surface area (Å²) in [6, 6.07) is 15.1. The number of alkyl carbamates (subject to hydrolysis) is 1. The van der Waals surface area contributed by atoms with E-state index in [1.165, 1.54) is 0 Å². The van der Waals surface area contributed by atoms with E-state index in [1.807, 2.05) is 30.3 Å². The van der Waals surface area contributed by atoms with Gasteiger partial charge >= 0.3 is 6.09 Å². The molecular weight excluding hydrogens is 374 g/mol. The van der Waals surface area contributed by atoms with Crippen LogP contribution in [0.2, 0.25) is 0 Å². The van der Waals surface area contributed by atoms with Crippen molar-refractivity contribution < 1.29 is 19.4 Å². The average Bonchev–Trinajstić information content (AvgIpc) is 2.61. The molecule has 0 saturated heterocycles. The number of hydrogen-bond acceptors (Lipinski definition) is 4. The molecule has 24 heavy (non-hydrogen) atoms. The van der Waals surface area contributed by atoms with Crippen LogP contribution in [0.1, 0.15) is 11.1 Å². The maximum Gasteiger partial charge on any atom is 0.408 e. The highest BCUT2D eigenvalue weighted by Gasteiger charge is 2.21. The molecule has 0 aliphatic heterocycles. The van der Waals surface area contributed by atoms with Crippen LogP contribution >= 0.6 is 15.9 Å². The van der Waals surface area contributed by atoms with E-state index in [4.69, 9.17) is 4.74 Å². The molecule has 2 rings (SSSR count). The van der Waals surface area contributed by atoms with Crippen molar-refractivity contribution in [3.8, 4) is 5.75 Å². The number of amides is 1. The number of Topliss-reactive ketones (excluding diaryl/α,β-unsaturated/α-hetero) is 1. The molecule has 2 aromatic carbocycles. The van der Waals surface area contributed by atoms with Gasteiger partial charge in [-0.25, -0.2) is 4.79 Å². The molecule has 1 atom stereocenters. The lowest BCUT2D eigenvalue weighted by Gasteiger charge is -2.17. The number of phenols is 1. The third kappa shape index (κ3) is 5.70. The van der Waals surface area contributed by atoms with E-state index >= 15 is 0 Å². The Kier molecular flexibility index (Phi) is 6.81. The van der Waals surface area contributed by atoms with Gasteiger partial charge in [0, 0.05) is 0 Å². The number of halogens is 1. The lowest BCUT2D eigenvalue weighted by atomic mass is 10.0. The Labute approximate surface area is 148 Å². The van der Waals surface area contributed by atoms with Gasteiger partial charge in [-0.15, -0.1) is 0 Å². The summed E-state index contributed by atoms with van der Waals surface area (Å²) in [4.78, 5) is 24.0. The number of alkyl halides is 1. The second kappa shape index (κ2) is 9.08. The highest BCUT2D eigenvalue weighted by atomic mass is 79.9. The van der Waals surface area contributed by atoms with E-state index in [2.05, 4.69) is 21.2 Å². The molecule has 0 spiro atoms. The molecular formula is C18H18BrNO4. The second-order valence-electron chi connectivity index (χ2n) is 5.23. The number of carbonyl (C=O) groups excluding carboxylic acids is 2. The Hall–Kier alpha value is -2.34. The van der Waals surface area contributed by atoms with Gasteiger partial charge in [0.05, 0.1) is 11.4 Å². The maximum absolute atomic E-state index is 12.0. The number of aromatic hydroxyl groups is 1. The Morgan fingerprint density at radius 1 is 1.04 bits per heavy atom. The highest BCUT2D eigenvalue weighted by Crippen LogP contribution is 2.12. The number of carbonyl (C=O) groups is 2. The smallest absolute Gasteiger partial charge is 0.408 e. The number of nitrogens with one attached hydrogen (secondary N) is 1. The van der Waals surface area contributed by atoms with Crippen molar-refractivity contribution in [2.45, 2.75) is 19.1 Å². The van der Waals surface area contributed by atoms with Crippen LogP contribution in [0.25, 0.3) is 0 Å². The first-order chi connectivity index (χ1) is 11.6. The van der Waals surface area contributed by atoms with Gasteiger partial charge in [0.25, 0.3) is 0 Å². The molecule has 0 aromatic heterocycles. The van der Waals surface area contributed by atoms with E-state index in [0.29, 0.717) is 6.42 Å². The van der Waals surface area contributed by atoms with Gasteiger partial charge in [0.15, 0.2) is 5.78 Å². The zero-order chi connectivity index (χ0) is 17.4. The van der Waals surface area contributed by atoms with E-state index in [-0.39, 0.29) is 23.5 Å². The van der Waals surface area contributed by atoms with Crippen LogP contribution in [-0.2, 0) is 22.6 Å². The first-order valence-electron chi connectivity index (χ1n) is 7.42. The third-order valence-corrected chi connectivity index (χ3v) is 3.95. The summed E-state index contributed by atoms with van der Waals surface area (Å²) in [5.74, 6) is -0.00270. The SMILES string of the molecule is O=C(NC(Cc1ccc(O)cc1)C(=O)CBr)OCc1ccccc1. The van der Waals surface area contributed by atoms with Crippen molar-refractivity contribution in [1.29, 1.82) is 0 Å². The summed E-state index contributed by atoms with van der Waals surface area (Å²) in [6.07, 6.45) is -0.317. The first-order valence-corrected chi connectivity index (χ1v) is 8.54. The average molecular weight is 392 g/mol. The quantitative estimate of drug-likeness (QED) is 0.710. The van der Waals surface area contributed by atoms with Crippen LogP contribution < -0.4 is 5.32 Å². The van der Waals surface area contributed by atoms with Gasteiger partial charge in [-0.2, -0.15) is 0 Å². The zero-order valence-corrected chi connectivity index (χ0v) is 14.5. The molecule has 0 saturated carbocycles. The van der Waals surface area contributed by atoms with Crippen LogP contribution in [0.15, 0.2) is 54.6 Å². The molecule has 0 aliphatic rings. The minimum Gasteiger partial charge on any atom is -0.508 e. The fraction of sp³-hybridized carbons (Fsp3) is 0.222. The lowest BCUT2D eigenvalue weighted by Crippen LogP contribution is -2.43. The van der Waals surface area contributed by atoms with Gasteiger partial charge < -0.3 is 15.2 Å². The summed E-state index contributed by atoms with van der Waals surface area (Å²) in [7, 11) is 0. The second-order valence-corrected chi connectivity index (χ2v) is 5.79. The van der Waals surface area contributed by atoms with Crippen molar-refractivity contribution in [1.82, 2.24) is 5.32 Å². The van der Waals surface area contributed by atoms with E-state index < -0.39 is 12.1 Å². The predicted molar refractivity (Wildman–Crippen MR) is 94.2 cm³/mol. The number of rotatable bonds is 7. The van der Waals surface area contributed by atoms with Crippen molar-refractivity contribution in [2.75, 3.05) is 5.33 Å². The summed E-state index contributed by atoms with van der Waals surface area (Å²) in [5, 5.41) is 12.0. The molecule has 1 unspecified atom stereocenters. The fourth-order valence-electron chi connectivity index (χ4n) is 2.11. The topological polar surface area (TPSA) is 75.6 Å².